The summed E-state index contributed by atoms with van der Waals surface area (Å²) in [7, 11) is 0. The predicted molar refractivity (Wildman–Crippen MR) is 55.2 cm³/mol. The van der Waals surface area contributed by atoms with E-state index in [2.05, 4.69) is 12.2 Å². The number of aldehydes is 1. The standard InChI is InChI=1S/C11H15NO/c1-2-3-7-12-11-6-4-5-10(8-11)9-13/h4-6,8-9,12H,2-3,7H2,1H3. The molecule has 1 aromatic carbocycles. The lowest BCUT2D eigenvalue weighted by molar-refractivity contribution is 0.112. The Balaban J connectivity index is 2.51. The molecule has 0 saturated heterocycles. The lowest BCUT2D eigenvalue weighted by Crippen LogP contribution is -2.00. The molecule has 2 nitrogen and oxygen atoms in total. The van der Waals surface area contributed by atoms with Crippen LogP contribution in [0.3, 0.4) is 0 Å². The molecule has 0 aliphatic rings. The minimum atomic E-state index is 0.724. The molecule has 0 aliphatic carbocycles. The van der Waals surface area contributed by atoms with Gasteiger partial charge >= 0.3 is 0 Å². The van der Waals surface area contributed by atoms with Crippen LogP contribution < -0.4 is 5.32 Å². The Morgan fingerprint density at radius 2 is 2.31 bits per heavy atom. The van der Waals surface area contributed by atoms with Crippen molar-refractivity contribution in [2.45, 2.75) is 19.8 Å². The normalized spacial score (nSPS) is 9.62. The third-order valence-electron chi connectivity index (χ3n) is 1.88. The van der Waals surface area contributed by atoms with Gasteiger partial charge < -0.3 is 5.32 Å². The van der Waals surface area contributed by atoms with Crippen molar-refractivity contribution in [1.29, 1.82) is 0 Å². The number of carbonyl (C=O) groups excluding carboxylic acids is 1. The summed E-state index contributed by atoms with van der Waals surface area (Å²) in [6, 6.07) is 7.53. The van der Waals surface area contributed by atoms with Crippen LogP contribution in [0.1, 0.15) is 30.1 Å². The molecule has 0 heterocycles. The monoisotopic (exact) mass is 177 g/mol. The van der Waals surface area contributed by atoms with Crippen LogP contribution in [0.25, 0.3) is 0 Å². The van der Waals surface area contributed by atoms with Crippen molar-refractivity contribution in [1.82, 2.24) is 0 Å². The molecular formula is C11H15NO. The Kier molecular flexibility index (Phi) is 4.03. The lowest BCUT2D eigenvalue weighted by Gasteiger charge is -2.04. The maximum Gasteiger partial charge on any atom is 0.150 e. The zero-order chi connectivity index (χ0) is 9.52. The van der Waals surface area contributed by atoms with Crippen LogP contribution in [0, 0.1) is 0 Å². The number of rotatable bonds is 5. The molecule has 0 unspecified atom stereocenters. The van der Waals surface area contributed by atoms with Crippen LogP contribution >= 0.6 is 0 Å². The minimum absolute atomic E-state index is 0.724. The van der Waals surface area contributed by atoms with E-state index >= 15 is 0 Å². The third-order valence-corrected chi connectivity index (χ3v) is 1.88. The van der Waals surface area contributed by atoms with Crippen LogP contribution in [0.5, 0.6) is 0 Å². The van der Waals surface area contributed by atoms with Gasteiger partial charge in [0.1, 0.15) is 6.29 Å². The largest absolute Gasteiger partial charge is 0.385 e. The van der Waals surface area contributed by atoms with Gasteiger partial charge in [-0.3, -0.25) is 4.79 Å². The van der Waals surface area contributed by atoms with Crippen LogP contribution in [0.4, 0.5) is 5.69 Å². The summed E-state index contributed by atoms with van der Waals surface area (Å²) in [6.45, 7) is 3.13. The van der Waals surface area contributed by atoms with Gasteiger partial charge in [0.05, 0.1) is 0 Å². The molecule has 0 spiro atoms. The second-order valence-electron chi connectivity index (χ2n) is 3.02. The van der Waals surface area contributed by atoms with Gasteiger partial charge in [0.15, 0.2) is 0 Å². The van der Waals surface area contributed by atoms with Gasteiger partial charge in [-0.05, 0) is 18.6 Å². The van der Waals surface area contributed by atoms with Crippen LogP contribution in [-0.4, -0.2) is 12.8 Å². The van der Waals surface area contributed by atoms with Crippen molar-refractivity contribution in [3.05, 3.63) is 29.8 Å². The topological polar surface area (TPSA) is 29.1 Å². The first kappa shape index (κ1) is 9.78. The van der Waals surface area contributed by atoms with Gasteiger partial charge in [-0.25, -0.2) is 0 Å². The van der Waals surface area contributed by atoms with Crippen molar-refractivity contribution in [2.75, 3.05) is 11.9 Å². The Hall–Kier alpha value is -1.31. The van der Waals surface area contributed by atoms with Gasteiger partial charge in [-0.2, -0.15) is 0 Å². The Morgan fingerprint density at radius 1 is 1.46 bits per heavy atom. The van der Waals surface area contributed by atoms with Crippen molar-refractivity contribution < 1.29 is 4.79 Å². The molecule has 0 amide bonds. The number of benzene rings is 1. The number of nitrogens with one attached hydrogen (secondary N) is 1. The maximum absolute atomic E-state index is 10.5. The van der Waals surface area contributed by atoms with Crippen LogP contribution in [0.15, 0.2) is 24.3 Å². The molecule has 1 rings (SSSR count). The van der Waals surface area contributed by atoms with E-state index in [0.717, 1.165) is 30.5 Å². The molecule has 13 heavy (non-hydrogen) atoms. The van der Waals surface area contributed by atoms with E-state index in [1.165, 1.54) is 6.42 Å². The highest BCUT2D eigenvalue weighted by molar-refractivity contribution is 5.76. The lowest BCUT2D eigenvalue weighted by atomic mass is 10.2. The van der Waals surface area contributed by atoms with E-state index in [9.17, 15) is 4.79 Å². The van der Waals surface area contributed by atoms with Crippen molar-refractivity contribution >= 4 is 12.0 Å². The first-order valence-corrected chi connectivity index (χ1v) is 4.66. The SMILES string of the molecule is CCCCNc1cccc(C=O)c1. The van der Waals surface area contributed by atoms with Crippen LogP contribution in [-0.2, 0) is 0 Å². The smallest absolute Gasteiger partial charge is 0.150 e. The number of anilines is 1. The molecule has 1 aromatic rings. The number of hydrogen-bond donors (Lipinski definition) is 1. The zero-order valence-electron chi connectivity index (χ0n) is 7.92. The summed E-state index contributed by atoms with van der Waals surface area (Å²) >= 11 is 0. The second kappa shape index (κ2) is 5.36. The molecule has 0 saturated carbocycles. The summed E-state index contributed by atoms with van der Waals surface area (Å²) < 4.78 is 0. The van der Waals surface area contributed by atoms with Gasteiger partial charge in [0, 0.05) is 17.8 Å². The van der Waals surface area contributed by atoms with E-state index in [4.69, 9.17) is 0 Å². The van der Waals surface area contributed by atoms with E-state index < -0.39 is 0 Å². The Morgan fingerprint density at radius 3 is 3.00 bits per heavy atom. The molecule has 0 radical (unpaired) electrons. The molecule has 0 aliphatic heterocycles. The van der Waals surface area contributed by atoms with Crippen LogP contribution in [0.2, 0.25) is 0 Å². The average molecular weight is 177 g/mol. The summed E-state index contributed by atoms with van der Waals surface area (Å²) in [5.41, 5.74) is 1.75. The fourth-order valence-corrected chi connectivity index (χ4v) is 1.13. The van der Waals surface area contributed by atoms with Gasteiger partial charge in [-0.1, -0.05) is 25.5 Å². The van der Waals surface area contributed by atoms with Crippen molar-refractivity contribution in [3.8, 4) is 0 Å². The molecule has 70 valence electrons. The maximum atomic E-state index is 10.5. The summed E-state index contributed by atoms with van der Waals surface area (Å²) in [5.74, 6) is 0. The fraction of sp³-hybridized carbons (Fsp3) is 0.364. The van der Waals surface area contributed by atoms with E-state index in [-0.39, 0.29) is 0 Å². The highest BCUT2D eigenvalue weighted by atomic mass is 16.1. The molecule has 0 aromatic heterocycles. The fourth-order valence-electron chi connectivity index (χ4n) is 1.13. The first-order chi connectivity index (χ1) is 6.36. The highest BCUT2D eigenvalue weighted by Gasteiger charge is 1.92. The predicted octanol–water partition coefficient (Wildman–Crippen LogP) is 2.71. The average Bonchev–Trinajstić information content (AvgIpc) is 2.19. The minimum Gasteiger partial charge on any atom is -0.385 e. The van der Waals surface area contributed by atoms with Crippen molar-refractivity contribution in [2.24, 2.45) is 0 Å². The Labute approximate surface area is 79.0 Å². The Bertz CT molecular complexity index is 271. The first-order valence-electron chi connectivity index (χ1n) is 4.66. The highest BCUT2D eigenvalue weighted by Crippen LogP contribution is 2.08. The number of carbonyl (C=O) groups is 1. The van der Waals surface area contributed by atoms with E-state index in [0.29, 0.717) is 0 Å². The number of hydrogen-bond acceptors (Lipinski definition) is 2. The van der Waals surface area contributed by atoms with Crippen molar-refractivity contribution in [3.63, 3.8) is 0 Å². The zero-order valence-corrected chi connectivity index (χ0v) is 7.92. The molecule has 0 fully saturated rings. The molecule has 0 bridgehead atoms. The molecule has 1 N–H and O–H groups in total. The van der Waals surface area contributed by atoms with Gasteiger partial charge in [0.2, 0.25) is 0 Å². The second-order valence-corrected chi connectivity index (χ2v) is 3.02. The summed E-state index contributed by atoms with van der Waals surface area (Å²) in [6.07, 6.45) is 3.21. The summed E-state index contributed by atoms with van der Waals surface area (Å²) in [5, 5.41) is 3.26. The molecule has 0 atom stereocenters. The van der Waals surface area contributed by atoms with E-state index in [1.54, 1.807) is 6.07 Å². The van der Waals surface area contributed by atoms with Gasteiger partial charge in [0.25, 0.3) is 0 Å². The quantitative estimate of drug-likeness (QED) is 0.553. The van der Waals surface area contributed by atoms with E-state index in [1.807, 2.05) is 18.2 Å². The molecular weight excluding hydrogens is 162 g/mol. The number of unbranched alkanes of at least 4 members (excludes halogenated alkanes) is 1. The van der Waals surface area contributed by atoms with Gasteiger partial charge in [-0.15, -0.1) is 0 Å². The summed E-state index contributed by atoms with van der Waals surface area (Å²) in [4.78, 5) is 10.5. The molecule has 2 heteroatoms. The third kappa shape index (κ3) is 3.28.